The molecule has 0 heterocycles. The Hall–Kier alpha value is -3.73. The second kappa shape index (κ2) is 8.66. The van der Waals surface area contributed by atoms with Crippen LogP contribution in [0.5, 0.6) is 0 Å². The smallest absolute Gasteiger partial charge is 0.000594 e. The van der Waals surface area contributed by atoms with E-state index in [1.54, 1.807) is 0 Å². The van der Waals surface area contributed by atoms with Gasteiger partial charge in [0.1, 0.15) is 0 Å². The molecule has 0 aliphatic rings. The molecule has 0 nitrogen and oxygen atoms in total. The Labute approximate surface area is 195 Å². The summed E-state index contributed by atoms with van der Waals surface area (Å²) in [6.45, 7) is 0. The van der Waals surface area contributed by atoms with Gasteiger partial charge in [0, 0.05) is 5.30 Å². The maximum absolute atomic E-state index is 2.34. The monoisotopic (exact) mass is 438 g/mol. The molecule has 0 saturated carbocycles. The Kier molecular flexibility index (Phi) is 5.23. The van der Waals surface area contributed by atoms with Gasteiger partial charge in [0.15, 0.2) is 0 Å². The molecule has 0 spiro atoms. The quantitative estimate of drug-likeness (QED) is 0.251. The fourth-order valence-electron chi connectivity index (χ4n) is 4.65. The number of hydrogen-bond acceptors (Lipinski definition) is 0. The molecule has 0 amide bonds. The Morgan fingerprint density at radius 3 is 1.64 bits per heavy atom. The van der Waals surface area contributed by atoms with Crippen molar-refractivity contribution >= 4 is 45.4 Å². The molecule has 6 aromatic carbocycles. The standard InChI is InChI=1S/C32H23P/c1-3-14-28(15-4-1)33(29-16-5-2-6-17-29)32-30-18-10-9-12-25(30)21-22-31(32)27-20-19-24-11-7-8-13-26(24)23-27/h1-23H. The molecular formula is C32H23P. The average Bonchev–Trinajstić information content (AvgIpc) is 2.90. The molecular weight excluding hydrogens is 415 g/mol. The lowest BCUT2D eigenvalue weighted by atomic mass is 9.98. The highest BCUT2D eigenvalue weighted by atomic mass is 31.1. The van der Waals surface area contributed by atoms with Crippen molar-refractivity contribution in [1.82, 2.24) is 0 Å². The fraction of sp³-hybridized carbons (Fsp3) is 0. The van der Waals surface area contributed by atoms with Crippen LogP contribution in [0.1, 0.15) is 0 Å². The predicted molar refractivity (Wildman–Crippen MR) is 146 cm³/mol. The minimum Gasteiger partial charge on any atom is -0.0622 e. The number of hydrogen-bond donors (Lipinski definition) is 0. The van der Waals surface area contributed by atoms with Gasteiger partial charge in [0.2, 0.25) is 0 Å². The first-order chi connectivity index (χ1) is 16.4. The van der Waals surface area contributed by atoms with Crippen molar-refractivity contribution in [3.05, 3.63) is 140 Å². The molecule has 6 rings (SSSR count). The van der Waals surface area contributed by atoms with Crippen LogP contribution in [-0.4, -0.2) is 0 Å². The SMILES string of the molecule is c1ccc(P(c2ccccc2)c2c(-c3ccc4ccccc4c3)ccc3ccccc23)cc1. The number of fused-ring (bicyclic) bond motifs is 2. The van der Waals surface area contributed by atoms with Gasteiger partial charge < -0.3 is 0 Å². The second-order valence-electron chi connectivity index (χ2n) is 8.25. The summed E-state index contributed by atoms with van der Waals surface area (Å²) in [5, 5.41) is 9.35. The highest BCUT2D eigenvalue weighted by Gasteiger charge is 2.22. The van der Waals surface area contributed by atoms with E-state index in [1.165, 1.54) is 48.6 Å². The van der Waals surface area contributed by atoms with Gasteiger partial charge in [-0.1, -0.05) is 133 Å². The van der Waals surface area contributed by atoms with Crippen LogP contribution in [0.15, 0.2) is 140 Å². The Bertz CT molecular complexity index is 1510. The zero-order valence-electron chi connectivity index (χ0n) is 18.2. The molecule has 1 heteroatoms. The van der Waals surface area contributed by atoms with E-state index in [0.29, 0.717) is 0 Å². The second-order valence-corrected chi connectivity index (χ2v) is 10.4. The van der Waals surface area contributed by atoms with Crippen LogP contribution in [0.4, 0.5) is 0 Å². The van der Waals surface area contributed by atoms with Crippen molar-refractivity contribution in [3.8, 4) is 11.1 Å². The van der Waals surface area contributed by atoms with Crippen molar-refractivity contribution in [2.24, 2.45) is 0 Å². The molecule has 6 aromatic rings. The third kappa shape index (κ3) is 3.74. The normalized spacial score (nSPS) is 11.3. The average molecular weight is 439 g/mol. The van der Waals surface area contributed by atoms with Gasteiger partial charge in [-0.2, -0.15) is 0 Å². The zero-order valence-corrected chi connectivity index (χ0v) is 19.1. The van der Waals surface area contributed by atoms with Gasteiger partial charge in [0.25, 0.3) is 0 Å². The van der Waals surface area contributed by atoms with Gasteiger partial charge in [-0.25, -0.2) is 0 Å². The highest BCUT2D eigenvalue weighted by Crippen LogP contribution is 2.40. The van der Waals surface area contributed by atoms with Crippen LogP contribution in [0.25, 0.3) is 32.7 Å². The molecule has 0 radical (unpaired) electrons. The molecule has 0 atom stereocenters. The maximum atomic E-state index is 2.34. The van der Waals surface area contributed by atoms with E-state index in [1.807, 2.05) is 0 Å². The minimum atomic E-state index is -0.733. The van der Waals surface area contributed by atoms with Crippen molar-refractivity contribution in [2.45, 2.75) is 0 Å². The van der Waals surface area contributed by atoms with Gasteiger partial charge in [-0.15, -0.1) is 0 Å². The molecule has 0 unspecified atom stereocenters. The summed E-state index contributed by atoms with van der Waals surface area (Å²) < 4.78 is 0. The van der Waals surface area contributed by atoms with Gasteiger partial charge in [-0.3, -0.25) is 0 Å². The lowest BCUT2D eigenvalue weighted by Crippen LogP contribution is -2.22. The fourth-order valence-corrected chi connectivity index (χ4v) is 7.29. The molecule has 0 saturated heterocycles. The van der Waals surface area contributed by atoms with Crippen LogP contribution in [0, 0.1) is 0 Å². The van der Waals surface area contributed by atoms with E-state index >= 15 is 0 Å². The largest absolute Gasteiger partial charge is 0.0622 e. The molecule has 0 aromatic heterocycles. The summed E-state index contributed by atoms with van der Waals surface area (Å²) in [5.41, 5.74) is 2.59. The van der Waals surface area contributed by atoms with Crippen LogP contribution >= 0.6 is 7.92 Å². The van der Waals surface area contributed by atoms with Crippen molar-refractivity contribution < 1.29 is 0 Å². The Balaban J connectivity index is 1.69. The van der Waals surface area contributed by atoms with E-state index in [9.17, 15) is 0 Å². The summed E-state index contributed by atoms with van der Waals surface area (Å²) >= 11 is 0. The Morgan fingerprint density at radius 2 is 0.939 bits per heavy atom. The zero-order chi connectivity index (χ0) is 22.0. The topological polar surface area (TPSA) is 0 Å². The lowest BCUT2D eigenvalue weighted by molar-refractivity contribution is 1.69. The van der Waals surface area contributed by atoms with Crippen molar-refractivity contribution in [1.29, 1.82) is 0 Å². The van der Waals surface area contributed by atoms with Crippen LogP contribution in [0.2, 0.25) is 0 Å². The molecule has 0 fully saturated rings. The van der Waals surface area contributed by atoms with E-state index in [2.05, 4.69) is 140 Å². The van der Waals surface area contributed by atoms with Gasteiger partial charge >= 0.3 is 0 Å². The van der Waals surface area contributed by atoms with E-state index in [4.69, 9.17) is 0 Å². The number of rotatable bonds is 4. The minimum absolute atomic E-state index is 0.733. The van der Waals surface area contributed by atoms with Crippen LogP contribution in [0.3, 0.4) is 0 Å². The van der Waals surface area contributed by atoms with Gasteiger partial charge in [0.05, 0.1) is 0 Å². The lowest BCUT2D eigenvalue weighted by Gasteiger charge is -2.24. The number of benzene rings is 6. The molecule has 156 valence electrons. The molecule has 33 heavy (non-hydrogen) atoms. The third-order valence-corrected chi connectivity index (χ3v) is 8.77. The van der Waals surface area contributed by atoms with E-state index < -0.39 is 7.92 Å². The maximum Gasteiger partial charge on any atom is 0.000594 e. The molecule has 0 aliphatic heterocycles. The Morgan fingerprint density at radius 1 is 0.394 bits per heavy atom. The molecule has 0 bridgehead atoms. The third-order valence-electron chi connectivity index (χ3n) is 6.21. The summed E-state index contributed by atoms with van der Waals surface area (Å²) in [6, 6.07) is 50.9. The van der Waals surface area contributed by atoms with E-state index in [0.717, 1.165) is 0 Å². The van der Waals surface area contributed by atoms with Crippen molar-refractivity contribution in [2.75, 3.05) is 0 Å². The first kappa shape index (κ1) is 19.9. The first-order valence-electron chi connectivity index (χ1n) is 11.3. The highest BCUT2D eigenvalue weighted by molar-refractivity contribution is 7.80. The predicted octanol–water partition coefficient (Wildman–Crippen LogP) is 7.42. The summed E-state index contributed by atoms with van der Waals surface area (Å²) in [7, 11) is -0.733. The van der Waals surface area contributed by atoms with E-state index in [-0.39, 0.29) is 0 Å². The van der Waals surface area contributed by atoms with Crippen molar-refractivity contribution in [3.63, 3.8) is 0 Å². The first-order valence-corrected chi connectivity index (χ1v) is 12.6. The van der Waals surface area contributed by atoms with Crippen LogP contribution < -0.4 is 15.9 Å². The molecule has 0 N–H and O–H groups in total. The summed E-state index contributed by atoms with van der Waals surface area (Å²) in [5.74, 6) is 0. The summed E-state index contributed by atoms with van der Waals surface area (Å²) in [6.07, 6.45) is 0. The molecule has 0 aliphatic carbocycles. The van der Waals surface area contributed by atoms with Gasteiger partial charge in [-0.05, 0) is 57.3 Å². The summed E-state index contributed by atoms with van der Waals surface area (Å²) in [4.78, 5) is 0. The van der Waals surface area contributed by atoms with Crippen LogP contribution in [-0.2, 0) is 0 Å².